The van der Waals surface area contributed by atoms with E-state index in [-0.39, 0.29) is 50.2 Å². The molecule has 0 aromatic carbocycles. The minimum absolute atomic E-state index is 0.00217. The molecular formula is C42H46ClN11O8S2. The van der Waals surface area contributed by atoms with E-state index in [1.54, 1.807) is 42.7 Å². The average Bonchev–Trinajstić information content (AvgIpc) is 3.24. The average molecular weight is 932 g/mol. The first-order valence-electron chi connectivity index (χ1n) is 19.6. The molecule has 0 unspecified atom stereocenters. The van der Waals surface area contributed by atoms with Crippen LogP contribution < -0.4 is 35.3 Å². The largest absolute Gasteiger partial charge is 0.475 e. The van der Waals surface area contributed by atoms with E-state index in [0.717, 1.165) is 5.56 Å². The Kier molecular flexibility index (Phi) is 15.7. The fourth-order valence-corrected chi connectivity index (χ4v) is 7.74. The lowest BCUT2D eigenvalue weighted by Gasteiger charge is -2.23. The van der Waals surface area contributed by atoms with Crippen LogP contribution in [0.5, 0.6) is 11.8 Å². The number of carbonyl (C=O) groups excluding carboxylic acids is 2. The van der Waals surface area contributed by atoms with Gasteiger partial charge >= 0.3 is 0 Å². The molecule has 0 fully saturated rings. The molecule has 0 saturated carbocycles. The number of sulfonamides is 2. The number of rotatable bonds is 15. The van der Waals surface area contributed by atoms with Gasteiger partial charge in [-0.1, -0.05) is 23.7 Å². The topological polar surface area (TPSA) is 278 Å². The van der Waals surface area contributed by atoms with Crippen LogP contribution in [0.2, 0.25) is 5.15 Å². The van der Waals surface area contributed by atoms with Crippen LogP contribution in [0.15, 0.2) is 107 Å². The number of nitrogen functional groups attached to an aromatic ring is 2. The summed E-state index contributed by atoms with van der Waals surface area (Å²) in [6.45, 7) is 12.6. The highest BCUT2D eigenvalue weighted by Gasteiger charge is 2.26. The molecule has 6 rings (SSSR count). The van der Waals surface area contributed by atoms with Gasteiger partial charge in [0, 0.05) is 48.7 Å². The third-order valence-corrected chi connectivity index (χ3v) is 11.3. The van der Waals surface area contributed by atoms with E-state index < -0.39 is 31.9 Å². The molecule has 6 heterocycles. The van der Waals surface area contributed by atoms with E-state index >= 15 is 0 Å². The Labute approximate surface area is 375 Å². The number of hydrogen-bond donors (Lipinski definition) is 4. The van der Waals surface area contributed by atoms with Crippen molar-refractivity contribution in [1.29, 1.82) is 0 Å². The molecule has 0 aliphatic heterocycles. The smallest absolute Gasteiger partial charge is 0.281 e. The van der Waals surface area contributed by atoms with Crippen LogP contribution in [0.4, 0.5) is 17.5 Å². The molecule has 2 amide bonds. The number of pyridine rings is 6. The molecule has 19 nitrogen and oxygen atoms in total. The monoisotopic (exact) mass is 931 g/mol. The summed E-state index contributed by atoms with van der Waals surface area (Å²) in [6, 6.07) is 21.3. The lowest BCUT2D eigenvalue weighted by atomic mass is 10.1. The Bertz CT molecular complexity index is 2830. The van der Waals surface area contributed by atoms with Crippen LogP contribution >= 0.6 is 11.6 Å². The van der Waals surface area contributed by atoms with Gasteiger partial charge in [-0.2, -0.15) is 16.8 Å². The van der Waals surface area contributed by atoms with Crippen molar-refractivity contribution in [2.75, 3.05) is 29.5 Å². The van der Waals surface area contributed by atoms with Crippen molar-refractivity contribution in [2.45, 2.75) is 63.8 Å². The molecule has 6 N–H and O–H groups in total. The number of ether oxygens (including phenoxy) is 2. The number of hydrogen-bond acceptors (Lipinski definition) is 17. The maximum Gasteiger partial charge on any atom is 0.281 e. The maximum atomic E-state index is 13.0. The molecule has 0 radical (unpaired) electrons. The van der Waals surface area contributed by atoms with E-state index in [0.29, 0.717) is 47.6 Å². The minimum atomic E-state index is -4.22. The number of amides is 2. The Morgan fingerprint density at radius 2 is 1.06 bits per heavy atom. The first kappa shape index (κ1) is 48.1. The van der Waals surface area contributed by atoms with Crippen LogP contribution in [0, 0.1) is 0 Å². The second-order valence-corrected chi connectivity index (χ2v) is 17.7. The third-order valence-electron chi connectivity index (χ3n) is 8.55. The van der Waals surface area contributed by atoms with E-state index in [4.69, 9.17) is 32.5 Å². The normalized spacial score (nSPS) is 11.3. The fraction of sp³-hybridized carbons (Fsp3) is 0.238. The minimum Gasteiger partial charge on any atom is -0.475 e. The van der Waals surface area contributed by atoms with Crippen LogP contribution in [0.1, 0.15) is 62.3 Å². The molecule has 0 atom stereocenters. The number of anilines is 3. The molecule has 6 aromatic rings. The van der Waals surface area contributed by atoms with Crippen LogP contribution in [-0.4, -0.2) is 83.9 Å². The first-order chi connectivity index (χ1) is 30.3. The summed E-state index contributed by atoms with van der Waals surface area (Å²) in [7, 11) is -8.45. The number of carbonyl (C=O) groups is 2. The number of halogens is 1. The van der Waals surface area contributed by atoms with Crippen LogP contribution in [0.3, 0.4) is 0 Å². The molecule has 336 valence electrons. The van der Waals surface area contributed by atoms with Crippen molar-refractivity contribution in [2.24, 2.45) is 0 Å². The highest BCUT2D eigenvalue weighted by atomic mass is 35.5. The van der Waals surface area contributed by atoms with Gasteiger partial charge < -0.3 is 25.8 Å². The summed E-state index contributed by atoms with van der Waals surface area (Å²) >= 11 is 6.13. The van der Waals surface area contributed by atoms with E-state index in [1.165, 1.54) is 48.5 Å². The van der Waals surface area contributed by atoms with E-state index in [1.807, 2.05) is 57.2 Å². The zero-order valence-corrected chi connectivity index (χ0v) is 37.9. The molecule has 64 heavy (non-hydrogen) atoms. The van der Waals surface area contributed by atoms with Gasteiger partial charge in [-0.05, 0) is 102 Å². The lowest BCUT2D eigenvalue weighted by Crippen LogP contribution is -2.34. The summed E-state index contributed by atoms with van der Waals surface area (Å²) in [5, 5.41) is -0.890. The summed E-state index contributed by atoms with van der Waals surface area (Å²) in [4.78, 5) is 52.1. The number of nitrogens with one attached hydrogen (secondary N) is 2. The fourth-order valence-electron chi connectivity index (χ4n) is 5.62. The molecule has 6 aromatic heterocycles. The predicted octanol–water partition coefficient (Wildman–Crippen LogP) is 5.55. The van der Waals surface area contributed by atoms with Gasteiger partial charge in [0.1, 0.15) is 22.6 Å². The van der Waals surface area contributed by atoms with Gasteiger partial charge in [-0.15, -0.1) is 0 Å². The van der Waals surface area contributed by atoms with Gasteiger partial charge in [0.25, 0.3) is 31.9 Å². The standard InChI is InChI=1S/C23H28N6O4S.C19H18ClN5O4S/c1-5-29(6-2)22-17(23(30)28-34(31,32)21-9-7-8-19(24)27-21)11-12-18(26-22)16-10-13-20(25-14-16)33-15(3)4;1-11(2)29-16-9-6-12(10-22-16)14-8-7-13(18(20)23-14)19(26)25-30(27,28)17-5-3-4-15(21)24-17/h7-15H,5-6H2,1-4H3,(H2,24,27)(H,28,30);3-11H,1-2H3,(H2,21,24)(H,25,26). The maximum absolute atomic E-state index is 13.0. The Balaban J connectivity index is 0.000000243. The SMILES string of the molecule is CC(C)Oc1ccc(-c2ccc(C(=O)NS(=O)(=O)c3cccc(N)n3)c(Cl)n2)cn1.CCN(CC)c1nc(-c2ccc(OC(C)C)nc2)ccc1C(=O)NS(=O)(=O)c1cccc(N)n1. The molecule has 0 aliphatic carbocycles. The Morgan fingerprint density at radius 1 is 0.625 bits per heavy atom. The number of nitrogens with two attached hydrogens (primary N) is 2. The highest BCUT2D eigenvalue weighted by Crippen LogP contribution is 2.27. The zero-order valence-electron chi connectivity index (χ0n) is 35.6. The van der Waals surface area contributed by atoms with Crippen LogP contribution in [-0.2, 0) is 20.0 Å². The molecule has 0 spiro atoms. The molecule has 0 bridgehead atoms. The van der Waals surface area contributed by atoms with Crippen molar-refractivity contribution in [3.8, 4) is 34.3 Å². The molecule has 0 aliphatic rings. The summed E-state index contributed by atoms with van der Waals surface area (Å²) in [5.74, 6) is -0.393. The summed E-state index contributed by atoms with van der Waals surface area (Å²) < 4.78 is 65.1. The first-order valence-corrected chi connectivity index (χ1v) is 22.9. The predicted molar refractivity (Wildman–Crippen MR) is 242 cm³/mol. The van der Waals surface area contributed by atoms with Crippen molar-refractivity contribution in [3.63, 3.8) is 0 Å². The Hall–Kier alpha value is -6.97. The molecule has 0 saturated heterocycles. The van der Waals surface area contributed by atoms with E-state index in [9.17, 15) is 26.4 Å². The third kappa shape index (κ3) is 12.6. The van der Waals surface area contributed by atoms with Crippen molar-refractivity contribution in [3.05, 3.63) is 114 Å². The van der Waals surface area contributed by atoms with Crippen molar-refractivity contribution >= 4 is 60.9 Å². The molecular weight excluding hydrogens is 886 g/mol. The summed E-state index contributed by atoms with van der Waals surface area (Å²) in [5.41, 5.74) is 13.5. The van der Waals surface area contributed by atoms with Gasteiger partial charge in [-0.3, -0.25) is 9.59 Å². The lowest BCUT2D eigenvalue weighted by molar-refractivity contribution is 0.0972. The number of nitrogens with zero attached hydrogens (tertiary/aromatic N) is 7. The van der Waals surface area contributed by atoms with Gasteiger partial charge in [0.15, 0.2) is 10.1 Å². The summed E-state index contributed by atoms with van der Waals surface area (Å²) in [6.07, 6.45) is 3.20. The zero-order chi connectivity index (χ0) is 46.8. The second kappa shape index (κ2) is 20.9. The number of aromatic nitrogens is 6. The van der Waals surface area contributed by atoms with Gasteiger partial charge in [-0.25, -0.2) is 39.3 Å². The van der Waals surface area contributed by atoms with Crippen molar-refractivity contribution in [1.82, 2.24) is 39.3 Å². The van der Waals surface area contributed by atoms with Crippen molar-refractivity contribution < 1.29 is 35.9 Å². The second-order valence-electron chi connectivity index (χ2n) is 14.0. The quantitative estimate of drug-likeness (QED) is 0.0918. The highest BCUT2D eigenvalue weighted by molar-refractivity contribution is 7.90. The molecule has 22 heteroatoms. The van der Waals surface area contributed by atoms with Crippen LogP contribution in [0.25, 0.3) is 22.5 Å². The van der Waals surface area contributed by atoms with Gasteiger partial charge in [0.2, 0.25) is 11.8 Å². The van der Waals surface area contributed by atoms with Gasteiger partial charge in [0.05, 0.1) is 34.7 Å². The Morgan fingerprint density at radius 3 is 1.45 bits per heavy atom. The van der Waals surface area contributed by atoms with E-state index in [2.05, 4.69) is 34.6 Å².